The van der Waals surface area contributed by atoms with Crippen LogP contribution in [0, 0.1) is 0 Å². The number of aromatic nitrogens is 2. The van der Waals surface area contributed by atoms with E-state index in [1.165, 1.54) is 0 Å². The van der Waals surface area contributed by atoms with Gasteiger partial charge < -0.3 is 4.79 Å². The van der Waals surface area contributed by atoms with Crippen molar-refractivity contribution in [1.29, 1.82) is 0 Å². The highest BCUT2D eigenvalue weighted by Gasteiger charge is 2.08. The summed E-state index contributed by atoms with van der Waals surface area (Å²) in [6.07, 6.45) is 5.05. The lowest BCUT2D eigenvalue weighted by Gasteiger charge is -2.20. The van der Waals surface area contributed by atoms with Crippen LogP contribution in [0.3, 0.4) is 0 Å². The number of carbonyl (C=O) groups excluding carboxylic acids is 1. The van der Waals surface area contributed by atoms with E-state index in [0.29, 0.717) is 6.42 Å². The van der Waals surface area contributed by atoms with E-state index < -0.39 is 0 Å². The first kappa shape index (κ1) is 13.4. The molecule has 0 aliphatic rings. The topological polar surface area (TPSA) is 46.1 Å². The van der Waals surface area contributed by atoms with Crippen LogP contribution in [0.2, 0.25) is 0 Å². The first-order valence-electron chi connectivity index (χ1n) is 6.34. The number of rotatable bonds is 7. The van der Waals surface area contributed by atoms with Gasteiger partial charge in [-0.25, -0.2) is 0 Å². The van der Waals surface area contributed by atoms with Crippen molar-refractivity contribution < 1.29 is 4.79 Å². The Bertz CT molecular complexity index is 446. The fourth-order valence-electron chi connectivity index (χ4n) is 1.89. The lowest BCUT2D eigenvalue weighted by molar-refractivity contribution is -0.108. The van der Waals surface area contributed by atoms with Crippen LogP contribution in [0.5, 0.6) is 0 Å². The van der Waals surface area contributed by atoms with Gasteiger partial charge in [0.15, 0.2) is 0 Å². The van der Waals surface area contributed by atoms with Crippen molar-refractivity contribution >= 4 is 6.29 Å². The second kappa shape index (κ2) is 7.38. The van der Waals surface area contributed by atoms with Gasteiger partial charge in [-0.2, -0.15) is 0 Å². The first-order chi connectivity index (χ1) is 9.38. The number of pyridine rings is 2. The van der Waals surface area contributed by atoms with Gasteiger partial charge in [0.2, 0.25) is 0 Å². The van der Waals surface area contributed by atoms with Gasteiger partial charge in [0.05, 0.1) is 11.4 Å². The summed E-state index contributed by atoms with van der Waals surface area (Å²) in [6.45, 7) is 2.17. The highest BCUT2D eigenvalue weighted by Crippen LogP contribution is 2.06. The van der Waals surface area contributed by atoms with E-state index in [4.69, 9.17) is 0 Å². The molecule has 0 N–H and O–H groups in total. The zero-order valence-electron chi connectivity index (χ0n) is 10.8. The SMILES string of the molecule is O=CCCN(Cc1ccccn1)Cc1ccccn1. The predicted octanol–water partition coefficient (Wildman–Crippen LogP) is 2.07. The Morgan fingerprint density at radius 2 is 1.53 bits per heavy atom. The van der Waals surface area contributed by atoms with Crippen LogP contribution < -0.4 is 0 Å². The first-order valence-corrected chi connectivity index (χ1v) is 6.34. The molecule has 0 saturated heterocycles. The molecule has 2 aromatic rings. The minimum atomic E-state index is 0.527. The number of hydrogen-bond acceptors (Lipinski definition) is 4. The largest absolute Gasteiger partial charge is 0.303 e. The summed E-state index contributed by atoms with van der Waals surface area (Å²) in [4.78, 5) is 21.4. The van der Waals surface area contributed by atoms with Gasteiger partial charge >= 0.3 is 0 Å². The number of aldehydes is 1. The second-order valence-electron chi connectivity index (χ2n) is 4.31. The Balaban J connectivity index is 2.01. The van der Waals surface area contributed by atoms with Crippen molar-refractivity contribution in [2.45, 2.75) is 19.5 Å². The minimum absolute atomic E-state index is 0.527. The summed E-state index contributed by atoms with van der Waals surface area (Å²) in [5.74, 6) is 0. The molecule has 0 saturated carbocycles. The molecule has 0 unspecified atom stereocenters. The van der Waals surface area contributed by atoms with E-state index in [1.807, 2.05) is 36.4 Å². The van der Waals surface area contributed by atoms with Gasteiger partial charge in [0.25, 0.3) is 0 Å². The van der Waals surface area contributed by atoms with E-state index >= 15 is 0 Å². The molecule has 2 rings (SSSR count). The van der Waals surface area contributed by atoms with Crippen LogP contribution in [0.25, 0.3) is 0 Å². The van der Waals surface area contributed by atoms with E-state index in [-0.39, 0.29) is 0 Å². The Morgan fingerprint density at radius 3 is 1.95 bits per heavy atom. The van der Waals surface area contributed by atoms with Crippen LogP contribution in [0.15, 0.2) is 48.8 Å². The quantitative estimate of drug-likeness (QED) is 0.710. The summed E-state index contributed by atoms with van der Waals surface area (Å²) < 4.78 is 0. The normalized spacial score (nSPS) is 10.6. The molecule has 0 atom stereocenters. The number of carbonyl (C=O) groups is 1. The van der Waals surface area contributed by atoms with Crippen molar-refractivity contribution in [1.82, 2.24) is 14.9 Å². The molecule has 0 amide bonds. The molecule has 0 aromatic carbocycles. The zero-order valence-corrected chi connectivity index (χ0v) is 10.8. The standard InChI is InChI=1S/C15H17N3O/c19-11-5-10-18(12-14-6-1-3-8-16-14)13-15-7-2-4-9-17-15/h1-4,6-9,11H,5,10,12-13H2. The van der Waals surface area contributed by atoms with Crippen LogP contribution >= 0.6 is 0 Å². The molecule has 19 heavy (non-hydrogen) atoms. The monoisotopic (exact) mass is 255 g/mol. The summed E-state index contributed by atoms with van der Waals surface area (Å²) in [5.41, 5.74) is 2.01. The molecular weight excluding hydrogens is 238 g/mol. The van der Waals surface area contributed by atoms with Crippen LogP contribution in [-0.4, -0.2) is 27.7 Å². The third kappa shape index (κ3) is 4.60. The van der Waals surface area contributed by atoms with Gasteiger partial charge in [-0.1, -0.05) is 12.1 Å². The van der Waals surface area contributed by atoms with Crippen molar-refractivity contribution in [2.24, 2.45) is 0 Å². The molecule has 4 heteroatoms. The molecule has 2 aromatic heterocycles. The Hall–Kier alpha value is -2.07. The molecule has 4 nitrogen and oxygen atoms in total. The fourth-order valence-corrected chi connectivity index (χ4v) is 1.89. The maximum atomic E-state index is 10.6. The summed E-state index contributed by atoms with van der Waals surface area (Å²) in [7, 11) is 0. The molecule has 98 valence electrons. The molecule has 0 aliphatic carbocycles. The van der Waals surface area contributed by atoms with E-state index in [2.05, 4.69) is 14.9 Å². The van der Waals surface area contributed by atoms with E-state index in [0.717, 1.165) is 37.3 Å². The molecule has 2 heterocycles. The second-order valence-corrected chi connectivity index (χ2v) is 4.31. The third-order valence-electron chi connectivity index (χ3n) is 2.79. The molecule has 0 radical (unpaired) electrons. The van der Waals surface area contributed by atoms with Crippen LogP contribution in [-0.2, 0) is 17.9 Å². The molecular formula is C15H17N3O. The average molecular weight is 255 g/mol. The van der Waals surface area contributed by atoms with Crippen LogP contribution in [0.1, 0.15) is 17.8 Å². The fraction of sp³-hybridized carbons (Fsp3) is 0.267. The van der Waals surface area contributed by atoms with Gasteiger partial charge in [0.1, 0.15) is 6.29 Å². The Morgan fingerprint density at radius 1 is 0.947 bits per heavy atom. The van der Waals surface area contributed by atoms with Gasteiger partial charge in [-0.15, -0.1) is 0 Å². The molecule has 0 spiro atoms. The highest BCUT2D eigenvalue weighted by atomic mass is 16.1. The maximum Gasteiger partial charge on any atom is 0.121 e. The van der Waals surface area contributed by atoms with Crippen molar-refractivity contribution in [3.63, 3.8) is 0 Å². The lowest BCUT2D eigenvalue weighted by atomic mass is 10.2. The van der Waals surface area contributed by atoms with Crippen molar-refractivity contribution in [2.75, 3.05) is 6.54 Å². The van der Waals surface area contributed by atoms with Gasteiger partial charge in [-0.05, 0) is 24.3 Å². The van der Waals surface area contributed by atoms with E-state index in [1.54, 1.807) is 12.4 Å². The summed E-state index contributed by atoms with van der Waals surface area (Å²) in [5, 5.41) is 0. The average Bonchev–Trinajstić information content (AvgIpc) is 2.47. The molecule has 0 bridgehead atoms. The Labute approximate surface area is 113 Å². The van der Waals surface area contributed by atoms with E-state index in [9.17, 15) is 4.79 Å². The molecule has 0 aliphatic heterocycles. The third-order valence-corrected chi connectivity index (χ3v) is 2.79. The lowest BCUT2D eigenvalue weighted by Crippen LogP contribution is -2.25. The van der Waals surface area contributed by atoms with Gasteiger partial charge in [-0.3, -0.25) is 14.9 Å². The Kier molecular flexibility index (Phi) is 5.19. The van der Waals surface area contributed by atoms with Crippen molar-refractivity contribution in [3.8, 4) is 0 Å². The number of nitrogens with zero attached hydrogens (tertiary/aromatic N) is 3. The minimum Gasteiger partial charge on any atom is -0.303 e. The van der Waals surface area contributed by atoms with Gasteiger partial charge in [0, 0.05) is 38.4 Å². The highest BCUT2D eigenvalue weighted by molar-refractivity contribution is 5.49. The summed E-state index contributed by atoms with van der Waals surface area (Å²) >= 11 is 0. The smallest absolute Gasteiger partial charge is 0.121 e. The molecule has 0 fully saturated rings. The maximum absolute atomic E-state index is 10.6. The zero-order chi connectivity index (χ0) is 13.3. The number of hydrogen-bond donors (Lipinski definition) is 0. The summed E-state index contributed by atoms with van der Waals surface area (Å²) in [6, 6.07) is 11.7. The predicted molar refractivity (Wildman–Crippen MR) is 73.3 cm³/mol. The van der Waals surface area contributed by atoms with Crippen LogP contribution in [0.4, 0.5) is 0 Å². The van der Waals surface area contributed by atoms with Crippen molar-refractivity contribution in [3.05, 3.63) is 60.2 Å².